The van der Waals surface area contributed by atoms with E-state index in [2.05, 4.69) is 19.6 Å². The van der Waals surface area contributed by atoms with E-state index in [-0.39, 0.29) is 0 Å². The summed E-state index contributed by atoms with van der Waals surface area (Å²) in [6, 6.07) is 2.11. The number of aliphatic hydroxyl groups is 1. The van der Waals surface area contributed by atoms with Crippen LogP contribution in [0.5, 0.6) is 0 Å². The molecule has 0 bridgehead atoms. The average Bonchev–Trinajstić information content (AvgIpc) is 2.11. The van der Waals surface area contributed by atoms with E-state index >= 15 is 0 Å². The molecule has 0 aromatic carbocycles. The molecule has 0 aliphatic heterocycles. The second-order valence-corrected chi connectivity index (χ2v) is 3.81. The number of nitrogens with zero attached hydrogens (tertiary/aromatic N) is 1. The van der Waals surface area contributed by atoms with Crippen molar-refractivity contribution >= 4 is 0 Å². The molecule has 0 unspecified atom stereocenters. The van der Waals surface area contributed by atoms with Crippen LogP contribution in [0.1, 0.15) is 33.1 Å². The normalized spacial score (nSPS) is 15.0. The zero-order chi connectivity index (χ0) is 11.0. The van der Waals surface area contributed by atoms with E-state index in [1.165, 1.54) is 0 Å². The van der Waals surface area contributed by atoms with Crippen molar-refractivity contribution in [3.05, 3.63) is 24.3 Å². The highest BCUT2D eigenvalue weighted by Gasteiger charge is 2.06. The molecule has 2 atom stereocenters. The van der Waals surface area contributed by atoms with Gasteiger partial charge < -0.3 is 5.11 Å². The van der Waals surface area contributed by atoms with E-state index in [1.807, 2.05) is 13.0 Å². The molecular weight excluding hydrogens is 174 g/mol. The Morgan fingerprint density at radius 2 is 2.29 bits per heavy atom. The highest BCUT2D eigenvalue weighted by molar-refractivity contribution is 5.12. The second-order valence-electron chi connectivity index (χ2n) is 3.81. The fourth-order valence-electron chi connectivity index (χ4n) is 1.19. The summed E-state index contributed by atoms with van der Waals surface area (Å²) in [5.74, 6) is 0.388. The fraction of sp³-hybridized carbons (Fsp3) is 0.583. The molecule has 2 heteroatoms. The molecule has 0 amide bonds. The standard InChI is InChI=1S/C12H19NO/c1-10(2)6-7-12(14)9-11(3)5-4-8-13/h6-7,11-12,14H,1,4-5,9H2,2-3H3/b7-6+/t11-,12-/m0/s1. The maximum absolute atomic E-state index is 9.56. The highest BCUT2D eigenvalue weighted by atomic mass is 16.3. The van der Waals surface area contributed by atoms with Crippen LogP contribution in [0, 0.1) is 17.2 Å². The van der Waals surface area contributed by atoms with Gasteiger partial charge in [-0.1, -0.05) is 31.2 Å². The molecule has 0 aliphatic carbocycles. The summed E-state index contributed by atoms with van der Waals surface area (Å²) in [6.07, 6.45) is 5.30. The van der Waals surface area contributed by atoms with Crippen molar-refractivity contribution < 1.29 is 5.11 Å². The van der Waals surface area contributed by atoms with Crippen LogP contribution in [0.25, 0.3) is 0 Å². The van der Waals surface area contributed by atoms with E-state index in [0.29, 0.717) is 18.8 Å². The summed E-state index contributed by atoms with van der Waals surface area (Å²) >= 11 is 0. The van der Waals surface area contributed by atoms with Crippen LogP contribution in [0.3, 0.4) is 0 Å². The molecule has 2 nitrogen and oxygen atoms in total. The fourth-order valence-corrected chi connectivity index (χ4v) is 1.19. The molecule has 1 N–H and O–H groups in total. The number of rotatable bonds is 6. The van der Waals surface area contributed by atoms with Crippen molar-refractivity contribution in [3.63, 3.8) is 0 Å². The molecule has 0 spiro atoms. The maximum atomic E-state index is 9.56. The van der Waals surface area contributed by atoms with E-state index in [0.717, 1.165) is 12.0 Å². The largest absolute Gasteiger partial charge is 0.389 e. The molecule has 0 aromatic heterocycles. The first-order valence-corrected chi connectivity index (χ1v) is 4.95. The summed E-state index contributed by atoms with van der Waals surface area (Å²) in [4.78, 5) is 0. The van der Waals surface area contributed by atoms with Gasteiger partial charge in [0.15, 0.2) is 0 Å². The summed E-state index contributed by atoms with van der Waals surface area (Å²) in [6.45, 7) is 7.66. The van der Waals surface area contributed by atoms with Gasteiger partial charge in [0.25, 0.3) is 0 Å². The third kappa shape index (κ3) is 7.57. The van der Waals surface area contributed by atoms with Crippen LogP contribution in [0.2, 0.25) is 0 Å². The van der Waals surface area contributed by atoms with Gasteiger partial charge in [0.2, 0.25) is 0 Å². The Balaban J connectivity index is 3.76. The second kappa shape index (κ2) is 7.34. The molecule has 0 saturated carbocycles. The quantitative estimate of drug-likeness (QED) is 0.659. The monoisotopic (exact) mass is 193 g/mol. The zero-order valence-electron chi connectivity index (χ0n) is 9.03. The highest BCUT2D eigenvalue weighted by Crippen LogP contribution is 2.13. The minimum absolute atomic E-state index is 0.388. The Kier molecular flexibility index (Phi) is 6.78. The van der Waals surface area contributed by atoms with Crippen molar-refractivity contribution in [1.29, 1.82) is 5.26 Å². The van der Waals surface area contributed by atoms with Gasteiger partial charge in [-0.2, -0.15) is 5.26 Å². The topological polar surface area (TPSA) is 44.0 Å². The summed E-state index contributed by atoms with van der Waals surface area (Å²) in [5, 5.41) is 17.9. The number of allylic oxidation sites excluding steroid dienone is 2. The lowest BCUT2D eigenvalue weighted by molar-refractivity contribution is 0.188. The molecule has 0 rings (SSSR count). The molecule has 0 radical (unpaired) electrons. The van der Waals surface area contributed by atoms with Gasteiger partial charge in [0, 0.05) is 6.42 Å². The lowest BCUT2D eigenvalue weighted by Crippen LogP contribution is -2.08. The summed E-state index contributed by atoms with van der Waals surface area (Å²) < 4.78 is 0. The Bertz CT molecular complexity index is 237. The molecule has 0 aliphatic rings. The zero-order valence-corrected chi connectivity index (χ0v) is 9.03. The SMILES string of the molecule is C=C(C)/C=C/[C@H](O)C[C@@H](C)CCC#N. The number of aliphatic hydroxyl groups excluding tert-OH is 1. The Hall–Kier alpha value is -1.07. The Morgan fingerprint density at radius 3 is 2.79 bits per heavy atom. The lowest BCUT2D eigenvalue weighted by atomic mass is 9.98. The number of hydrogen-bond donors (Lipinski definition) is 1. The van der Waals surface area contributed by atoms with Crippen LogP contribution in [0.15, 0.2) is 24.3 Å². The van der Waals surface area contributed by atoms with Crippen molar-refractivity contribution in [2.24, 2.45) is 5.92 Å². The molecule has 0 fully saturated rings. The van der Waals surface area contributed by atoms with Crippen molar-refractivity contribution in [2.75, 3.05) is 0 Å². The van der Waals surface area contributed by atoms with Gasteiger partial charge in [-0.05, 0) is 25.7 Å². The first kappa shape index (κ1) is 12.9. The first-order chi connectivity index (χ1) is 6.56. The van der Waals surface area contributed by atoms with Crippen LogP contribution in [0.4, 0.5) is 0 Å². The van der Waals surface area contributed by atoms with Crippen molar-refractivity contribution in [3.8, 4) is 6.07 Å². The van der Waals surface area contributed by atoms with Crippen molar-refractivity contribution in [1.82, 2.24) is 0 Å². The molecular formula is C12H19NO. The maximum Gasteiger partial charge on any atom is 0.0726 e. The number of nitriles is 1. The van der Waals surface area contributed by atoms with Crippen LogP contribution >= 0.6 is 0 Å². The van der Waals surface area contributed by atoms with Gasteiger partial charge >= 0.3 is 0 Å². The van der Waals surface area contributed by atoms with Gasteiger partial charge in [0.05, 0.1) is 12.2 Å². The van der Waals surface area contributed by atoms with E-state index in [4.69, 9.17) is 5.26 Å². The summed E-state index contributed by atoms with van der Waals surface area (Å²) in [7, 11) is 0. The number of hydrogen-bond acceptors (Lipinski definition) is 2. The average molecular weight is 193 g/mol. The molecule has 78 valence electrons. The Morgan fingerprint density at radius 1 is 1.64 bits per heavy atom. The summed E-state index contributed by atoms with van der Waals surface area (Å²) in [5.41, 5.74) is 0.939. The van der Waals surface area contributed by atoms with E-state index in [9.17, 15) is 5.11 Å². The third-order valence-electron chi connectivity index (χ3n) is 2.00. The first-order valence-electron chi connectivity index (χ1n) is 4.95. The predicted octanol–water partition coefficient (Wildman–Crippen LogP) is 2.81. The lowest BCUT2D eigenvalue weighted by Gasteiger charge is -2.11. The van der Waals surface area contributed by atoms with Crippen LogP contribution < -0.4 is 0 Å². The van der Waals surface area contributed by atoms with Crippen LogP contribution in [-0.2, 0) is 0 Å². The molecule has 14 heavy (non-hydrogen) atoms. The van der Waals surface area contributed by atoms with Gasteiger partial charge in [0.1, 0.15) is 0 Å². The van der Waals surface area contributed by atoms with Gasteiger partial charge in [-0.3, -0.25) is 0 Å². The van der Waals surface area contributed by atoms with Crippen LogP contribution in [-0.4, -0.2) is 11.2 Å². The van der Waals surface area contributed by atoms with Gasteiger partial charge in [-0.15, -0.1) is 0 Å². The Labute approximate surface area is 86.6 Å². The van der Waals surface area contributed by atoms with Crippen molar-refractivity contribution in [2.45, 2.75) is 39.2 Å². The third-order valence-corrected chi connectivity index (χ3v) is 2.00. The minimum Gasteiger partial charge on any atom is -0.389 e. The predicted molar refractivity (Wildman–Crippen MR) is 58.6 cm³/mol. The molecule has 0 heterocycles. The molecule has 0 aromatic rings. The van der Waals surface area contributed by atoms with Gasteiger partial charge in [-0.25, -0.2) is 0 Å². The minimum atomic E-state index is -0.416. The van der Waals surface area contributed by atoms with E-state index in [1.54, 1.807) is 6.08 Å². The smallest absolute Gasteiger partial charge is 0.0726 e. The van der Waals surface area contributed by atoms with E-state index < -0.39 is 6.10 Å². The molecule has 0 saturated heterocycles.